The number of aromatic nitrogens is 3. The van der Waals surface area contributed by atoms with Crippen LogP contribution < -0.4 is 5.32 Å². The zero-order chi connectivity index (χ0) is 16.1. The Morgan fingerprint density at radius 2 is 2.48 bits per heavy atom. The second-order valence-electron chi connectivity index (χ2n) is 5.95. The van der Waals surface area contributed by atoms with Crippen LogP contribution >= 0.6 is 11.3 Å². The van der Waals surface area contributed by atoms with Crippen molar-refractivity contribution in [3.63, 3.8) is 0 Å². The highest BCUT2D eigenvalue weighted by Crippen LogP contribution is 2.21. The van der Waals surface area contributed by atoms with Crippen LogP contribution in [0, 0.1) is 0 Å². The van der Waals surface area contributed by atoms with E-state index in [0.29, 0.717) is 12.6 Å². The highest BCUT2D eigenvalue weighted by atomic mass is 32.1. The molecule has 6 nitrogen and oxygen atoms in total. The second kappa shape index (κ2) is 7.70. The Labute approximate surface area is 140 Å². The molecule has 1 fully saturated rings. The average molecular weight is 333 g/mol. The lowest BCUT2D eigenvalue weighted by molar-refractivity contribution is -0.126. The molecule has 1 aliphatic rings. The summed E-state index contributed by atoms with van der Waals surface area (Å²) in [4.78, 5) is 20.0. The van der Waals surface area contributed by atoms with Gasteiger partial charge in [-0.05, 0) is 44.2 Å². The summed E-state index contributed by atoms with van der Waals surface area (Å²) in [6, 6.07) is 4.40. The molecule has 1 saturated heterocycles. The van der Waals surface area contributed by atoms with Crippen LogP contribution in [0.1, 0.15) is 24.6 Å². The van der Waals surface area contributed by atoms with Crippen LogP contribution in [-0.4, -0.2) is 50.7 Å². The minimum absolute atomic E-state index is 0.102. The number of carbonyl (C=O) groups excluding carboxylic acids is 1. The molecular formula is C16H23N5OS. The molecule has 2 aromatic heterocycles. The number of nitrogens with zero attached hydrogens (tertiary/aromatic N) is 4. The van der Waals surface area contributed by atoms with Gasteiger partial charge in [-0.3, -0.25) is 14.4 Å². The zero-order valence-electron chi connectivity index (χ0n) is 13.4. The van der Waals surface area contributed by atoms with Crippen LogP contribution in [0.2, 0.25) is 0 Å². The molecule has 0 saturated carbocycles. The van der Waals surface area contributed by atoms with Gasteiger partial charge < -0.3 is 5.32 Å². The Bertz CT molecular complexity index is 598. The lowest BCUT2D eigenvalue weighted by Crippen LogP contribution is -2.48. The number of nitrogens with one attached hydrogen (secondary N) is 1. The smallest absolute Gasteiger partial charge is 0.237 e. The van der Waals surface area contributed by atoms with Crippen molar-refractivity contribution in [2.24, 2.45) is 0 Å². The topological polar surface area (TPSA) is 63.1 Å². The predicted molar refractivity (Wildman–Crippen MR) is 90.2 cm³/mol. The van der Waals surface area contributed by atoms with Crippen LogP contribution in [0.4, 0.5) is 0 Å². The van der Waals surface area contributed by atoms with E-state index in [-0.39, 0.29) is 11.9 Å². The first kappa shape index (κ1) is 16.1. The Balaban J connectivity index is 1.49. The van der Waals surface area contributed by atoms with E-state index in [1.165, 1.54) is 4.88 Å². The van der Waals surface area contributed by atoms with Crippen LogP contribution in [0.5, 0.6) is 0 Å². The van der Waals surface area contributed by atoms with Gasteiger partial charge in [-0.15, -0.1) is 11.3 Å². The third-order valence-electron chi connectivity index (χ3n) is 4.41. The molecule has 124 valence electrons. The monoisotopic (exact) mass is 333 g/mol. The summed E-state index contributed by atoms with van der Waals surface area (Å²) in [5.74, 6) is 0.118. The van der Waals surface area contributed by atoms with Gasteiger partial charge in [0.15, 0.2) is 0 Å². The van der Waals surface area contributed by atoms with Gasteiger partial charge in [0.05, 0.1) is 12.6 Å². The zero-order valence-corrected chi connectivity index (χ0v) is 14.2. The molecule has 3 heterocycles. The maximum Gasteiger partial charge on any atom is 0.237 e. The first-order valence-corrected chi connectivity index (χ1v) is 9.00. The summed E-state index contributed by atoms with van der Waals surface area (Å²) in [5.41, 5.74) is 0. The van der Waals surface area contributed by atoms with E-state index in [2.05, 4.69) is 31.7 Å². The summed E-state index contributed by atoms with van der Waals surface area (Å²) < 4.78 is 1.85. The van der Waals surface area contributed by atoms with E-state index in [1.807, 2.05) is 17.7 Å². The summed E-state index contributed by atoms with van der Waals surface area (Å²) >= 11 is 1.73. The molecule has 1 aliphatic heterocycles. The Kier molecular flexibility index (Phi) is 5.40. The van der Waals surface area contributed by atoms with E-state index < -0.39 is 0 Å². The molecule has 2 atom stereocenters. The minimum atomic E-state index is -0.102. The van der Waals surface area contributed by atoms with E-state index in [9.17, 15) is 4.79 Å². The highest BCUT2D eigenvalue weighted by molar-refractivity contribution is 7.09. The number of amides is 1. The van der Waals surface area contributed by atoms with Crippen molar-refractivity contribution in [2.75, 3.05) is 13.1 Å². The molecular weight excluding hydrogens is 310 g/mol. The van der Waals surface area contributed by atoms with Gasteiger partial charge in [0.25, 0.3) is 0 Å². The number of rotatable bonds is 7. The van der Waals surface area contributed by atoms with Crippen molar-refractivity contribution in [3.8, 4) is 0 Å². The molecule has 3 rings (SSSR count). The van der Waals surface area contributed by atoms with Crippen molar-refractivity contribution >= 4 is 17.2 Å². The summed E-state index contributed by atoms with van der Waals surface area (Å²) in [6.07, 6.45) is 6.43. The Morgan fingerprint density at radius 3 is 3.22 bits per heavy atom. The first-order chi connectivity index (χ1) is 11.2. The number of carbonyl (C=O) groups is 1. The van der Waals surface area contributed by atoms with E-state index >= 15 is 0 Å². The third kappa shape index (κ3) is 4.17. The highest BCUT2D eigenvalue weighted by Gasteiger charge is 2.32. The fourth-order valence-electron chi connectivity index (χ4n) is 3.17. The van der Waals surface area contributed by atoms with Gasteiger partial charge in [-0.2, -0.15) is 5.10 Å². The van der Waals surface area contributed by atoms with E-state index in [4.69, 9.17) is 0 Å². The van der Waals surface area contributed by atoms with Gasteiger partial charge in [-0.1, -0.05) is 6.07 Å². The van der Waals surface area contributed by atoms with Crippen LogP contribution in [-0.2, 0) is 17.8 Å². The molecule has 0 spiro atoms. The number of thiophene rings is 1. The first-order valence-electron chi connectivity index (χ1n) is 8.12. The summed E-state index contributed by atoms with van der Waals surface area (Å²) in [6.45, 7) is 4.47. The predicted octanol–water partition coefficient (Wildman–Crippen LogP) is 1.55. The lowest BCUT2D eigenvalue weighted by atomic mass is 10.2. The Hall–Kier alpha value is -1.73. The maximum atomic E-state index is 12.4. The third-order valence-corrected chi connectivity index (χ3v) is 5.35. The van der Waals surface area contributed by atoms with E-state index in [1.54, 1.807) is 24.0 Å². The van der Waals surface area contributed by atoms with Crippen LogP contribution in [0.3, 0.4) is 0 Å². The van der Waals surface area contributed by atoms with Gasteiger partial charge in [0, 0.05) is 17.5 Å². The van der Waals surface area contributed by atoms with E-state index in [0.717, 1.165) is 32.4 Å². The van der Waals surface area contributed by atoms with Gasteiger partial charge in [-0.25, -0.2) is 4.98 Å². The lowest BCUT2D eigenvalue weighted by Gasteiger charge is -2.29. The average Bonchev–Trinajstić information content (AvgIpc) is 3.29. The summed E-state index contributed by atoms with van der Waals surface area (Å²) in [7, 11) is 0. The molecule has 0 radical (unpaired) electrons. The summed E-state index contributed by atoms with van der Waals surface area (Å²) in [5, 5.41) is 9.31. The van der Waals surface area contributed by atoms with Crippen LogP contribution in [0.15, 0.2) is 30.2 Å². The molecule has 1 N–H and O–H groups in total. The van der Waals surface area contributed by atoms with Crippen molar-refractivity contribution in [1.29, 1.82) is 0 Å². The fraction of sp³-hybridized carbons (Fsp3) is 0.562. The van der Waals surface area contributed by atoms with Crippen molar-refractivity contribution in [1.82, 2.24) is 25.0 Å². The molecule has 2 aromatic rings. The largest absolute Gasteiger partial charge is 0.354 e. The number of hydrogen-bond acceptors (Lipinski definition) is 5. The van der Waals surface area contributed by atoms with Crippen molar-refractivity contribution in [3.05, 3.63) is 35.0 Å². The molecule has 1 amide bonds. The minimum Gasteiger partial charge on any atom is -0.354 e. The standard InChI is InChI=1S/C16H23N5OS/c1-13(16(22)18-7-6-15-5-3-9-23-15)21-8-2-4-14(21)10-20-12-17-11-19-20/h3,5,9,11-14H,2,4,6-8,10H2,1H3,(H,18,22). The molecule has 23 heavy (non-hydrogen) atoms. The second-order valence-corrected chi connectivity index (χ2v) is 6.98. The number of hydrogen-bond donors (Lipinski definition) is 1. The van der Waals surface area contributed by atoms with Crippen LogP contribution in [0.25, 0.3) is 0 Å². The van der Waals surface area contributed by atoms with Crippen molar-refractivity contribution in [2.45, 2.75) is 44.8 Å². The van der Waals surface area contributed by atoms with Gasteiger partial charge in [0.2, 0.25) is 5.91 Å². The van der Waals surface area contributed by atoms with Gasteiger partial charge >= 0.3 is 0 Å². The fourth-order valence-corrected chi connectivity index (χ4v) is 3.88. The SMILES string of the molecule is CC(C(=O)NCCc1cccs1)N1CCCC1Cn1cncn1. The van der Waals surface area contributed by atoms with Crippen molar-refractivity contribution < 1.29 is 4.79 Å². The maximum absolute atomic E-state index is 12.4. The van der Waals surface area contributed by atoms with Gasteiger partial charge in [0.1, 0.15) is 12.7 Å². The molecule has 0 aromatic carbocycles. The molecule has 2 unspecified atom stereocenters. The molecule has 0 aliphatic carbocycles. The normalized spacial score (nSPS) is 19.8. The Morgan fingerprint density at radius 1 is 1.57 bits per heavy atom. The molecule has 0 bridgehead atoms. The number of likely N-dealkylation sites (tertiary alicyclic amines) is 1. The quantitative estimate of drug-likeness (QED) is 0.835. The molecule has 7 heteroatoms.